The highest BCUT2D eigenvalue weighted by atomic mass is 32.1. The van der Waals surface area contributed by atoms with Crippen LogP contribution in [0.25, 0.3) is 0 Å². The molecular formula is C13H15N3O3S. The molecule has 2 heterocycles. The Morgan fingerprint density at radius 3 is 2.85 bits per heavy atom. The van der Waals surface area contributed by atoms with Gasteiger partial charge in [-0.1, -0.05) is 0 Å². The van der Waals surface area contributed by atoms with Crippen LogP contribution in [0.4, 0.5) is 5.00 Å². The number of anilines is 1. The lowest BCUT2D eigenvalue weighted by atomic mass is 10.3. The quantitative estimate of drug-likeness (QED) is 0.878. The van der Waals surface area contributed by atoms with E-state index >= 15 is 0 Å². The zero-order valence-electron chi connectivity index (χ0n) is 11.5. The lowest BCUT2D eigenvalue weighted by molar-refractivity contribution is 0.0602. The highest BCUT2D eigenvalue weighted by Crippen LogP contribution is 2.28. The number of esters is 1. The number of hydrogen-bond acceptors (Lipinski definition) is 5. The van der Waals surface area contributed by atoms with Crippen molar-refractivity contribution in [2.24, 2.45) is 0 Å². The van der Waals surface area contributed by atoms with Gasteiger partial charge in [0.25, 0.3) is 5.91 Å². The van der Waals surface area contributed by atoms with E-state index in [9.17, 15) is 9.59 Å². The molecule has 2 rings (SSSR count). The van der Waals surface area contributed by atoms with Crippen molar-refractivity contribution >= 4 is 28.2 Å². The summed E-state index contributed by atoms with van der Waals surface area (Å²) in [7, 11) is 1.31. The van der Waals surface area contributed by atoms with E-state index in [4.69, 9.17) is 4.74 Å². The third kappa shape index (κ3) is 2.88. The summed E-state index contributed by atoms with van der Waals surface area (Å²) in [5.41, 5.74) is 0.673. The molecule has 0 radical (unpaired) electrons. The number of ether oxygens (including phenoxy) is 1. The van der Waals surface area contributed by atoms with Crippen LogP contribution in [-0.2, 0) is 11.3 Å². The maximum Gasteiger partial charge on any atom is 0.340 e. The summed E-state index contributed by atoms with van der Waals surface area (Å²) in [5, 5.41) is 7.30. The van der Waals surface area contributed by atoms with Crippen molar-refractivity contribution in [2.75, 3.05) is 12.4 Å². The monoisotopic (exact) mass is 293 g/mol. The minimum Gasteiger partial charge on any atom is -0.465 e. The van der Waals surface area contributed by atoms with Crippen LogP contribution >= 0.6 is 11.3 Å². The second-order valence-electron chi connectivity index (χ2n) is 4.10. The van der Waals surface area contributed by atoms with Crippen molar-refractivity contribution in [3.8, 4) is 0 Å². The molecule has 0 aromatic carbocycles. The van der Waals surface area contributed by atoms with E-state index in [0.717, 1.165) is 4.88 Å². The number of aryl methyl sites for hydroxylation is 2. The fraction of sp³-hybridized carbons (Fsp3) is 0.308. The number of thiophene rings is 1. The number of aromatic nitrogens is 2. The maximum atomic E-state index is 12.1. The molecule has 1 amide bonds. The Morgan fingerprint density at radius 1 is 1.50 bits per heavy atom. The summed E-state index contributed by atoms with van der Waals surface area (Å²) in [6.45, 7) is 4.49. The number of hydrogen-bond donors (Lipinski definition) is 1. The number of nitrogens with one attached hydrogen (secondary N) is 1. The topological polar surface area (TPSA) is 73.2 Å². The van der Waals surface area contributed by atoms with Crippen molar-refractivity contribution in [3.63, 3.8) is 0 Å². The third-order valence-electron chi connectivity index (χ3n) is 2.68. The van der Waals surface area contributed by atoms with E-state index in [0.29, 0.717) is 22.8 Å². The average Bonchev–Trinajstić information content (AvgIpc) is 3.04. The molecule has 7 heteroatoms. The Balaban J connectivity index is 2.21. The van der Waals surface area contributed by atoms with E-state index in [-0.39, 0.29) is 5.91 Å². The van der Waals surface area contributed by atoms with Gasteiger partial charge in [0.1, 0.15) is 5.00 Å². The van der Waals surface area contributed by atoms with Crippen LogP contribution in [0.5, 0.6) is 0 Å². The van der Waals surface area contributed by atoms with Gasteiger partial charge < -0.3 is 10.1 Å². The third-order valence-corrected chi connectivity index (χ3v) is 3.65. The van der Waals surface area contributed by atoms with Crippen molar-refractivity contribution in [2.45, 2.75) is 20.4 Å². The van der Waals surface area contributed by atoms with Gasteiger partial charge in [-0.25, -0.2) is 4.79 Å². The smallest absolute Gasteiger partial charge is 0.340 e. The molecule has 0 bridgehead atoms. The summed E-state index contributed by atoms with van der Waals surface area (Å²) < 4.78 is 6.36. The SMILES string of the molecule is CCn1ccc(C(=O)Nc2sc(C)cc2C(=O)OC)n1. The Kier molecular flexibility index (Phi) is 4.19. The minimum absolute atomic E-state index is 0.314. The molecule has 6 nitrogen and oxygen atoms in total. The second kappa shape index (κ2) is 5.87. The van der Waals surface area contributed by atoms with Gasteiger partial charge >= 0.3 is 5.97 Å². The Bertz CT molecular complexity index is 645. The number of methoxy groups -OCH3 is 1. The van der Waals surface area contributed by atoms with Crippen LogP contribution in [0.2, 0.25) is 0 Å². The fourth-order valence-electron chi connectivity index (χ4n) is 1.69. The van der Waals surface area contributed by atoms with Crippen molar-refractivity contribution < 1.29 is 14.3 Å². The molecule has 0 aliphatic carbocycles. The first-order valence-corrected chi connectivity index (χ1v) is 6.90. The number of carbonyl (C=O) groups is 2. The number of carbonyl (C=O) groups excluding carboxylic acids is 2. The van der Waals surface area contributed by atoms with E-state index < -0.39 is 5.97 Å². The van der Waals surface area contributed by atoms with Crippen LogP contribution in [0.1, 0.15) is 32.6 Å². The van der Waals surface area contributed by atoms with Gasteiger partial charge in [-0.15, -0.1) is 11.3 Å². The fourth-order valence-corrected chi connectivity index (χ4v) is 2.59. The molecule has 20 heavy (non-hydrogen) atoms. The van der Waals surface area contributed by atoms with Crippen molar-refractivity contribution in [1.29, 1.82) is 0 Å². The molecule has 0 fully saturated rings. The lowest BCUT2D eigenvalue weighted by Crippen LogP contribution is -2.14. The standard InChI is InChI=1S/C13H15N3O3S/c1-4-16-6-5-10(15-16)11(17)14-12-9(13(18)19-3)7-8(2)20-12/h5-7H,4H2,1-3H3,(H,14,17). The van der Waals surface area contributed by atoms with Gasteiger partial charge in [-0.3, -0.25) is 9.48 Å². The average molecular weight is 293 g/mol. The van der Waals surface area contributed by atoms with Gasteiger partial charge in [-0.05, 0) is 26.0 Å². The van der Waals surface area contributed by atoms with Crippen LogP contribution < -0.4 is 5.32 Å². The van der Waals surface area contributed by atoms with E-state index in [1.165, 1.54) is 18.4 Å². The molecule has 2 aromatic rings. The molecule has 2 aromatic heterocycles. The molecule has 0 saturated heterocycles. The molecule has 0 saturated carbocycles. The normalized spacial score (nSPS) is 10.3. The van der Waals surface area contributed by atoms with Crippen molar-refractivity contribution in [3.05, 3.63) is 34.5 Å². The first-order chi connectivity index (χ1) is 9.55. The van der Waals surface area contributed by atoms with Crippen molar-refractivity contribution in [1.82, 2.24) is 9.78 Å². The highest BCUT2D eigenvalue weighted by Gasteiger charge is 2.18. The van der Waals surface area contributed by atoms with E-state index in [1.807, 2.05) is 13.8 Å². The number of rotatable bonds is 4. The summed E-state index contributed by atoms with van der Waals surface area (Å²) in [6, 6.07) is 3.33. The number of amides is 1. The molecule has 0 aliphatic rings. The van der Waals surface area contributed by atoms with Crippen LogP contribution in [0.3, 0.4) is 0 Å². The highest BCUT2D eigenvalue weighted by molar-refractivity contribution is 7.16. The van der Waals surface area contributed by atoms with Crippen LogP contribution in [-0.4, -0.2) is 28.8 Å². The zero-order chi connectivity index (χ0) is 14.7. The summed E-state index contributed by atoms with van der Waals surface area (Å²) in [4.78, 5) is 24.6. The van der Waals surface area contributed by atoms with Crippen LogP contribution in [0, 0.1) is 6.92 Å². The molecule has 0 aliphatic heterocycles. The van der Waals surface area contributed by atoms with Gasteiger partial charge in [0.2, 0.25) is 0 Å². The summed E-state index contributed by atoms with van der Waals surface area (Å²) >= 11 is 1.33. The Morgan fingerprint density at radius 2 is 2.25 bits per heavy atom. The molecule has 0 unspecified atom stereocenters. The molecule has 0 spiro atoms. The lowest BCUT2D eigenvalue weighted by Gasteiger charge is -2.03. The summed E-state index contributed by atoms with van der Waals surface area (Å²) in [6.07, 6.45) is 1.73. The minimum atomic E-state index is -0.469. The van der Waals surface area contributed by atoms with Crippen LogP contribution in [0.15, 0.2) is 18.3 Å². The predicted molar refractivity (Wildman–Crippen MR) is 76.2 cm³/mol. The van der Waals surface area contributed by atoms with Gasteiger partial charge in [-0.2, -0.15) is 5.10 Å². The first-order valence-electron chi connectivity index (χ1n) is 6.08. The van der Waals surface area contributed by atoms with E-state index in [2.05, 4.69) is 10.4 Å². The summed E-state index contributed by atoms with van der Waals surface area (Å²) in [5.74, 6) is -0.812. The van der Waals surface area contributed by atoms with Gasteiger partial charge in [0, 0.05) is 17.6 Å². The van der Waals surface area contributed by atoms with Gasteiger partial charge in [0.15, 0.2) is 5.69 Å². The first kappa shape index (κ1) is 14.3. The number of nitrogens with zero attached hydrogens (tertiary/aromatic N) is 2. The predicted octanol–water partition coefficient (Wildman–Crippen LogP) is 2.31. The zero-order valence-corrected chi connectivity index (χ0v) is 12.3. The molecule has 106 valence electrons. The molecule has 1 N–H and O–H groups in total. The van der Waals surface area contributed by atoms with Gasteiger partial charge in [0.05, 0.1) is 12.7 Å². The Hall–Kier alpha value is -2.15. The maximum absolute atomic E-state index is 12.1. The largest absolute Gasteiger partial charge is 0.465 e. The molecule has 0 atom stereocenters. The molecular weight excluding hydrogens is 278 g/mol. The van der Waals surface area contributed by atoms with E-state index in [1.54, 1.807) is 23.0 Å². The Labute approximate surface area is 120 Å². The second-order valence-corrected chi connectivity index (χ2v) is 5.36.